The van der Waals surface area contributed by atoms with Crippen molar-refractivity contribution >= 4 is 11.9 Å². The van der Waals surface area contributed by atoms with Crippen LogP contribution in [0.2, 0.25) is 0 Å². The number of imide groups is 1. The predicted octanol–water partition coefficient (Wildman–Crippen LogP) is 0.417. The van der Waals surface area contributed by atoms with E-state index in [4.69, 9.17) is 0 Å². The summed E-state index contributed by atoms with van der Waals surface area (Å²) in [5, 5.41) is 7.99. The van der Waals surface area contributed by atoms with Crippen LogP contribution in [0.5, 0.6) is 0 Å². The van der Waals surface area contributed by atoms with E-state index in [9.17, 15) is 9.59 Å². The fourth-order valence-electron chi connectivity index (χ4n) is 2.22. The fraction of sp³-hybridized carbons (Fsp3) is 0.385. The third-order valence-electron chi connectivity index (χ3n) is 3.18. The molecule has 1 heterocycles. The van der Waals surface area contributed by atoms with Gasteiger partial charge in [-0.25, -0.2) is 4.79 Å². The van der Waals surface area contributed by atoms with Crippen LogP contribution in [0.25, 0.3) is 0 Å². The highest BCUT2D eigenvalue weighted by molar-refractivity contribution is 6.07. The van der Waals surface area contributed by atoms with E-state index in [1.165, 1.54) is 0 Å². The molecular formula is C13H17N3O2. The van der Waals surface area contributed by atoms with Crippen LogP contribution in [-0.2, 0) is 11.2 Å². The minimum absolute atomic E-state index is 0.252. The van der Waals surface area contributed by atoms with Gasteiger partial charge in [0, 0.05) is 6.54 Å². The van der Waals surface area contributed by atoms with Gasteiger partial charge in [-0.1, -0.05) is 30.3 Å². The zero-order chi connectivity index (χ0) is 13.0. The Labute approximate surface area is 106 Å². The Balaban J connectivity index is 2.07. The summed E-state index contributed by atoms with van der Waals surface area (Å²) >= 11 is 0. The molecule has 1 saturated heterocycles. The smallest absolute Gasteiger partial charge is 0.322 e. The Morgan fingerprint density at radius 2 is 1.94 bits per heavy atom. The van der Waals surface area contributed by atoms with Crippen molar-refractivity contribution in [3.8, 4) is 0 Å². The summed E-state index contributed by atoms with van der Waals surface area (Å²) in [5.41, 5.74) is 0.323. The number of amides is 3. The molecule has 1 unspecified atom stereocenters. The second-order valence-electron chi connectivity index (χ2n) is 4.51. The maximum Gasteiger partial charge on any atom is 0.322 e. The van der Waals surface area contributed by atoms with E-state index in [0.717, 1.165) is 12.0 Å². The lowest BCUT2D eigenvalue weighted by Gasteiger charge is -2.25. The molecule has 3 amide bonds. The molecule has 0 bridgehead atoms. The minimum atomic E-state index is -0.832. The summed E-state index contributed by atoms with van der Waals surface area (Å²) in [4.78, 5) is 23.2. The van der Waals surface area contributed by atoms with Crippen molar-refractivity contribution in [3.63, 3.8) is 0 Å². The lowest BCUT2D eigenvalue weighted by molar-refractivity contribution is -0.124. The number of benzene rings is 1. The Hall–Kier alpha value is -1.88. The van der Waals surface area contributed by atoms with Crippen LogP contribution in [-0.4, -0.2) is 31.1 Å². The van der Waals surface area contributed by atoms with Gasteiger partial charge >= 0.3 is 6.03 Å². The SMILES string of the molecule is CNCC1(CCc2ccccc2)NC(=O)NC1=O. The second-order valence-corrected chi connectivity index (χ2v) is 4.51. The molecule has 1 aliphatic rings. The van der Waals surface area contributed by atoms with E-state index in [0.29, 0.717) is 13.0 Å². The van der Waals surface area contributed by atoms with Gasteiger partial charge in [0.05, 0.1) is 0 Å². The van der Waals surface area contributed by atoms with Crippen LogP contribution in [0.15, 0.2) is 30.3 Å². The summed E-state index contributed by atoms with van der Waals surface area (Å²) in [5.74, 6) is -0.252. The van der Waals surface area contributed by atoms with Gasteiger partial charge in [0.25, 0.3) is 5.91 Å². The van der Waals surface area contributed by atoms with Gasteiger partial charge in [0.1, 0.15) is 5.54 Å². The molecule has 1 fully saturated rings. The first-order valence-corrected chi connectivity index (χ1v) is 5.98. The van der Waals surface area contributed by atoms with E-state index in [1.54, 1.807) is 7.05 Å². The first kappa shape index (κ1) is 12.6. The number of rotatable bonds is 5. The van der Waals surface area contributed by atoms with Crippen molar-refractivity contribution in [3.05, 3.63) is 35.9 Å². The molecule has 96 valence electrons. The molecule has 5 nitrogen and oxygen atoms in total. The molecule has 1 atom stereocenters. The summed E-state index contributed by atoms with van der Waals surface area (Å²) in [6.07, 6.45) is 1.33. The normalized spacial score (nSPS) is 22.7. The third-order valence-corrected chi connectivity index (χ3v) is 3.18. The van der Waals surface area contributed by atoms with Gasteiger partial charge in [-0.3, -0.25) is 10.1 Å². The molecule has 1 aromatic carbocycles. The van der Waals surface area contributed by atoms with Crippen LogP contribution in [0, 0.1) is 0 Å². The van der Waals surface area contributed by atoms with E-state index >= 15 is 0 Å². The summed E-state index contributed by atoms with van der Waals surface area (Å²) in [6, 6.07) is 9.50. The van der Waals surface area contributed by atoms with E-state index in [1.807, 2.05) is 30.3 Å². The van der Waals surface area contributed by atoms with Gasteiger partial charge in [0.15, 0.2) is 0 Å². The highest BCUT2D eigenvalue weighted by atomic mass is 16.2. The third kappa shape index (κ3) is 2.51. The van der Waals surface area contributed by atoms with Crippen molar-refractivity contribution in [1.29, 1.82) is 0 Å². The summed E-state index contributed by atoms with van der Waals surface area (Å²) < 4.78 is 0. The Kier molecular flexibility index (Phi) is 3.62. The van der Waals surface area contributed by atoms with Gasteiger partial charge in [-0.05, 0) is 25.5 Å². The van der Waals surface area contributed by atoms with Gasteiger partial charge in [0.2, 0.25) is 0 Å². The average Bonchev–Trinajstić information content (AvgIpc) is 2.64. The molecule has 0 aliphatic carbocycles. The quantitative estimate of drug-likeness (QED) is 0.660. The second kappa shape index (κ2) is 5.18. The number of likely N-dealkylation sites (N-methyl/N-ethyl adjacent to an activating group) is 1. The Bertz CT molecular complexity index is 447. The molecule has 0 spiro atoms. The molecular weight excluding hydrogens is 230 g/mol. The number of carbonyl (C=O) groups is 2. The van der Waals surface area contributed by atoms with Crippen LogP contribution in [0.1, 0.15) is 12.0 Å². The average molecular weight is 247 g/mol. The van der Waals surface area contributed by atoms with Gasteiger partial charge < -0.3 is 10.6 Å². The predicted molar refractivity (Wildman–Crippen MR) is 68.1 cm³/mol. The highest BCUT2D eigenvalue weighted by Crippen LogP contribution is 2.18. The lowest BCUT2D eigenvalue weighted by atomic mass is 9.91. The fourth-order valence-corrected chi connectivity index (χ4v) is 2.22. The van der Waals surface area contributed by atoms with Crippen molar-refractivity contribution in [2.24, 2.45) is 0 Å². The molecule has 0 radical (unpaired) electrons. The highest BCUT2D eigenvalue weighted by Gasteiger charge is 2.45. The molecule has 2 rings (SSSR count). The monoisotopic (exact) mass is 247 g/mol. The van der Waals surface area contributed by atoms with Gasteiger partial charge in [-0.2, -0.15) is 0 Å². The van der Waals surface area contributed by atoms with Crippen molar-refractivity contribution in [1.82, 2.24) is 16.0 Å². The molecule has 18 heavy (non-hydrogen) atoms. The van der Waals surface area contributed by atoms with Crippen LogP contribution in [0.3, 0.4) is 0 Å². The van der Waals surface area contributed by atoms with Crippen LogP contribution in [0.4, 0.5) is 4.79 Å². The lowest BCUT2D eigenvalue weighted by Crippen LogP contribution is -2.54. The van der Waals surface area contributed by atoms with Crippen molar-refractivity contribution < 1.29 is 9.59 Å². The van der Waals surface area contributed by atoms with Crippen LogP contribution < -0.4 is 16.0 Å². The number of nitrogens with one attached hydrogen (secondary N) is 3. The largest absolute Gasteiger partial charge is 0.322 e. The van der Waals surface area contributed by atoms with Crippen molar-refractivity contribution in [2.45, 2.75) is 18.4 Å². The number of carbonyl (C=O) groups excluding carboxylic acids is 2. The molecule has 5 heteroatoms. The Morgan fingerprint density at radius 3 is 2.50 bits per heavy atom. The molecule has 0 aromatic heterocycles. The van der Waals surface area contributed by atoms with Gasteiger partial charge in [-0.15, -0.1) is 0 Å². The number of hydrogen-bond donors (Lipinski definition) is 3. The summed E-state index contributed by atoms with van der Waals surface area (Å²) in [6.45, 7) is 0.428. The molecule has 3 N–H and O–H groups in total. The molecule has 0 saturated carbocycles. The zero-order valence-electron chi connectivity index (χ0n) is 10.3. The Morgan fingerprint density at radius 1 is 1.22 bits per heavy atom. The maximum atomic E-state index is 11.9. The van der Waals surface area contributed by atoms with Crippen LogP contribution >= 0.6 is 0 Å². The van der Waals surface area contributed by atoms with E-state index in [-0.39, 0.29) is 5.91 Å². The minimum Gasteiger partial charge on any atom is -0.322 e. The van der Waals surface area contributed by atoms with E-state index in [2.05, 4.69) is 16.0 Å². The number of urea groups is 1. The maximum absolute atomic E-state index is 11.9. The van der Waals surface area contributed by atoms with E-state index < -0.39 is 11.6 Å². The molecule has 1 aromatic rings. The first-order valence-electron chi connectivity index (χ1n) is 5.98. The zero-order valence-corrected chi connectivity index (χ0v) is 10.3. The topological polar surface area (TPSA) is 70.2 Å². The molecule has 1 aliphatic heterocycles. The first-order chi connectivity index (χ1) is 8.66. The number of hydrogen-bond acceptors (Lipinski definition) is 3. The summed E-state index contributed by atoms with van der Waals surface area (Å²) in [7, 11) is 1.77. The number of aryl methyl sites for hydroxylation is 1. The standard InChI is InChI=1S/C13H17N3O2/c1-14-9-13(11(17)15-12(18)16-13)8-7-10-5-3-2-4-6-10/h2-6,14H,7-9H2,1H3,(H2,15,16,17,18). The van der Waals surface area contributed by atoms with Crippen molar-refractivity contribution in [2.75, 3.05) is 13.6 Å².